The van der Waals surface area contributed by atoms with Crippen molar-refractivity contribution in [3.63, 3.8) is 0 Å². The average molecular weight is 355 g/mol. The number of rotatable bonds is 4. The molecule has 1 saturated carbocycles. The number of nitrogens with zero attached hydrogens (tertiary/aromatic N) is 3. The van der Waals surface area contributed by atoms with Gasteiger partial charge >= 0.3 is 0 Å². The molecule has 2 aromatic rings. The average Bonchev–Trinajstić information content (AvgIpc) is 3.38. The normalized spacial score (nSPS) is 25.5. The molecule has 1 N–H and O–H groups in total. The molecule has 0 amide bonds. The van der Waals surface area contributed by atoms with Gasteiger partial charge in [0.15, 0.2) is 0 Å². The topological polar surface area (TPSA) is 40.9 Å². The van der Waals surface area contributed by atoms with E-state index in [1.165, 1.54) is 41.5 Å². The number of aliphatic hydroxyl groups excluding tert-OH is 1. The molecule has 1 aliphatic carbocycles. The molecular weight excluding hydrogens is 326 g/mol. The van der Waals surface area contributed by atoms with Crippen LogP contribution in [0.15, 0.2) is 18.2 Å². The summed E-state index contributed by atoms with van der Waals surface area (Å²) < 4.78 is 7.75. The third-order valence-corrected chi connectivity index (χ3v) is 6.82. The molecule has 0 bridgehead atoms. The van der Waals surface area contributed by atoms with Crippen molar-refractivity contribution >= 4 is 10.9 Å². The van der Waals surface area contributed by atoms with Crippen molar-refractivity contribution in [2.75, 3.05) is 46.9 Å². The SMILES string of the molecule is COc1ccc2c3c(n(C)c2c1)[C@@H](CO)N(C)CC31CN(CC2CC2)C1. The number of likely N-dealkylation sites (N-methyl/N-ethyl adjacent to an activating group) is 1. The van der Waals surface area contributed by atoms with E-state index in [9.17, 15) is 5.11 Å². The summed E-state index contributed by atoms with van der Waals surface area (Å²) in [5, 5.41) is 11.4. The highest BCUT2D eigenvalue weighted by Gasteiger charge is 2.52. The second-order valence-electron chi connectivity index (χ2n) is 8.71. The van der Waals surface area contributed by atoms with Crippen LogP contribution in [0.2, 0.25) is 0 Å². The molecule has 3 aliphatic rings. The minimum Gasteiger partial charge on any atom is -0.497 e. The number of benzene rings is 1. The number of methoxy groups -OCH3 is 1. The van der Waals surface area contributed by atoms with Crippen molar-refractivity contribution in [2.24, 2.45) is 13.0 Å². The molecule has 3 heterocycles. The first-order chi connectivity index (χ1) is 12.6. The fourth-order valence-electron chi connectivity index (χ4n) is 5.47. The van der Waals surface area contributed by atoms with E-state index in [4.69, 9.17) is 4.74 Å². The fourth-order valence-corrected chi connectivity index (χ4v) is 5.47. The standard InChI is InChI=1S/C21H29N3O2/c1-22-11-21(12-24(13-21)9-14-4-5-14)19-16-7-6-15(26-3)8-17(16)23(2)20(19)18(22)10-25/h6-8,14,18,25H,4-5,9-13H2,1-3H3/t18-/m1/s1. The van der Waals surface area contributed by atoms with Gasteiger partial charge in [-0.2, -0.15) is 0 Å². The van der Waals surface area contributed by atoms with Gasteiger partial charge in [0.1, 0.15) is 5.75 Å². The van der Waals surface area contributed by atoms with Crippen LogP contribution in [0.1, 0.15) is 30.1 Å². The van der Waals surface area contributed by atoms with E-state index in [0.717, 1.165) is 31.3 Å². The Morgan fingerprint density at radius 3 is 2.62 bits per heavy atom. The lowest BCUT2D eigenvalue weighted by molar-refractivity contribution is 0.00278. The molecule has 1 spiro atoms. The van der Waals surface area contributed by atoms with Crippen LogP contribution in [0.3, 0.4) is 0 Å². The first kappa shape index (κ1) is 16.6. The number of likely N-dealkylation sites (tertiary alicyclic amines) is 1. The Morgan fingerprint density at radius 1 is 1.19 bits per heavy atom. The number of aliphatic hydroxyl groups is 1. The largest absolute Gasteiger partial charge is 0.497 e. The maximum Gasteiger partial charge on any atom is 0.120 e. The van der Waals surface area contributed by atoms with E-state index in [1.54, 1.807) is 7.11 Å². The molecular formula is C21H29N3O2. The quantitative estimate of drug-likeness (QED) is 0.912. The van der Waals surface area contributed by atoms with Crippen LogP contribution in [0.4, 0.5) is 0 Å². The van der Waals surface area contributed by atoms with Crippen LogP contribution in [-0.2, 0) is 12.5 Å². The van der Waals surface area contributed by atoms with Crippen molar-refractivity contribution in [3.05, 3.63) is 29.5 Å². The summed E-state index contributed by atoms with van der Waals surface area (Å²) >= 11 is 0. The van der Waals surface area contributed by atoms with Gasteiger partial charge in [0, 0.05) is 55.8 Å². The van der Waals surface area contributed by atoms with Crippen LogP contribution in [0.5, 0.6) is 5.75 Å². The van der Waals surface area contributed by atoms with E-state index < -0.39 is 0 Å². The molecule has 140 valence electrons. The van der Waals surface area contributed by atoms with Gasteiger partial charge < -0.3 is 19.3 Å². The van der Waals surface area contributed by atoms with Crippen LogP contribution in [0.25, 0.3) is 10.9 Å². The molecule has 2 fully saturated rings. The minimum absolute atomic E-state index is 0.0662. The molecule has 0 radical (unpaired) electrons. The maximum atomic E-state index is 10.1. The molecule has 2 aliphatic heterocycles. The molecule has 26 heavy (non-hydrogen) atoms. The zero-order valence-corrected chi connectivity index (χ0v) is 16.0. The highest BCUT2D eigenvalue weighted by atomic mass is 16.5. The van der Waals surface area contributed by atoms with Gasteiger partial charge in [-0.15, -0.1) is 0 Å². The lowest BCUT2D eigenvalue weighted by Crippen LogP contribution is -2.66. The summed E-state index contributed by atoms with van der Waals surface area (Å²) in [7, 11) is 6.02. The first-order valence-corrected chi connectivity index (χ1v) is 9.76. The van der Waals surface area contributed by atoms with E-state index in [0.29, 0.717) is 0 Å². The molecule has 5 heteroatoms. The molecule has 0 unspecified atom stereocenters. The highest BCUT2D eigenvalue weighted by Crippen LogP contribution is 2.49. The summed E-state index contributed by atoms with van der Waals surface area (Å²) in [5.74, 6) is 1.83. The number of ether oxygens (including phenoxy) is 1. The van der Waals surface area contributed by atoms with E-state index in [2.05, 4.69) is 46.7 Å². The summed E-state index contributed by atoms with van der Waals surface area (Å²) in [6.45, 7) is 4.74. The van der Waals surface area contributed by atoms with Crippen LogP contribution in [-0.4, -0.2) is 66.4 Å². The van der Waals surface area contributed by atoms with Gasteiger partial charge in [-0.3, -0.25) is 4.90 Å². The molecule has 1 aromatic carbocycles. The Bertz CT molecular complexity index is 849. The molecule has 1 atom stereocenters. The zero-order chi connectivity index (χ0) is 18.1. The Hall–Kier alpha value is -1.56. The van der Waals surface area contributed by atoms with Crippen LogP contribution >= 0.6 is 0 Å². The Labute approximate surface area is 155 Å². The van der Waals surface area contributed by atoms with Crippen LogP contribution < -0.4 is 4.74 Å². The van der Waals surface area contributed by atoms with E-state index in [-0.39, 0.29) is 18.1 Å². The molecule has 1 aromatic heterocycles. The maximum absolute atomic E-state index is 10.1. The van der Waals surface area contributed by atoms with Gasteiger partial charge in [-0.05, 0) is 43.5 Å². The van der Waals surface area contributed by atoms with Gasteiger partial charge in [0.2, 0.25) is 0 Å². The van der Waals surface area contributed by atoms with Gasteiger partial charge in [-0.1, -0.05) is 0 Å². The van der Waals surface area contributed by atoms with Crippen molar-refractivity contribution in [1.82, 2.24) is 14.4 Å². The van der Waals surface area contributed by atoms with E-state index >= 15 is 0 Å². The molecule has 5 nitrogen and oxygen atoms in total. The predicted molar refractivity (Wildman–Crippen MR) is 103 cm³/mol. The van der Waals surface area contributed by atoms with Gasteiger partial charge in [0.05, 0.1) is 25.3 Å². The van der Waals surface area contributed by atoms with Crippen molar-refractivity contribution < 1.29 is 9.84 Å². The highest BCUT2D eigenvalue weighted by molar-refractivity contribution is 5.89. The first-order valence-electron chi connectivity index (χ1n) is 9.76. The second kappa shape index (κ2) is 5.72. The minimum atomic E-state index is 0.0662. The van der Waals surface area contributed by atoms with Crippen molar-refractivity contribution in [1.29, 1.82) is 0 Å². The van der Waals surface area contributed by atoms with E-state index in [1.807, 2.05) is 0 Å². The lowest BCUT2D eigenvalue weighted by Gasteiger charge is -2.56. The fraction of sp³-hybridized carbons (Fsp3) is 0.619. The van der Waals surface area contributed by atoms with Crippen molar-refractivity contribution in [2.45, 2.75) is 24.3 Å². The lowest BCUT2D eigenvalue weighted by atomic mass is 9.69. The Morgan fingerprint density at radius 2 is 1.96 bits per heavy atom. The summed E-state index contributed by atoms with van der Waals surface area (Å²) in [4.78, 5) is 4.99. The van der Waals surface area contributed by atoms with Gasteiger partial charge in [-0.25, -0.2) is 0 Å². The Kier molecular flexibility index (Phi) is 3.65. The number of aromatic nitrogens is 1. The van der Waals surface area contributed by atoms with Gasteiger partial charge in [0.25, 0.3) is 0 Å². The van der Waals surface area contributed by atoms with Crippen molar-refractivity contribution in [3.8, 4) is 5.75 Å². The third kappa shape index (κ3) is 2.27. The second-order valence-corrected chi connectivity index (χ2v) is 8.71. The third-order valence-electron chi connectivity index (χ3n) is 6.82. The Balaban J connectivity index is 1.63. The smallest absolute Gasteiger partial charge is 0.120 e. The number of hydrogen-bond donors (Lipinski definition) is 1. The molecule has 1 saturated heterocycles. The number of hydrogen-bond acceptors (Lipinski definition) is 4. The zero-order valence-electron chi connectivity index (χ0n) is 16.0. The predicted octanol–water partition coefficient (Wildman–Crippen LogP) is 2.13. The van der Waals surface area contributed by atoms with Crippen LogP contribution in [0, 0.1) is 5.92 Å². The summed E-state index contributed by atoms with van der Waals surface area (Å²) in [6.07, 6.45) is 2.82. The summed E-state index contributed by atoms with van der Waals surface area (Å²) in [6, 6.07) is 6.49. The monoisotopic (exact) mass is 355 g/mol. The number of aryl methyl sites for hydroxylation is 1. The summed E-state index contributed by atoms with van der Waals surface area (Å²) in [5.41, 5.74) is 4.17. The number of fused-ring (bicyclic) bond motifs is 4. The molecule has 5 rings (SSSR count).